The summed E-state index contributed by atoms with van der Waals surface area (Å²) in [5.74, 6) is 2.66. The highest BCUT2D eigenvalue weighted by Gasteiger charge is 2.39. The fourth-order valence-electron chi connectivity index (χ4n) is 8.05. The zero-order valence-electron chi connectivity index (χ0n) is 26.5. The first-order chi connectivity index (χ1) is 21.4. The molecule has 3 aliphatic carbocycles. The monoisotopic (exact) mass is 599 g/mol. The fourth-order valence-corrected chi connectivity index (χ4v) is 8.05. The van der Waals surface area contributed by atoms with E-state index in [2.05, 4.69) is 25.3 Å². The van der Waals surface area contributed by atoms with E-state index < -0.39 is 0 Å². The van der Waals surface area contributed by atoms with Crippen LogP contribution in [0.25, 0.3) is 0 Å². The summed E-state index contributed by atoms with van der Waals surface area (Å²) in [6.07, 6.45) is 11.9. The molecule has 3 heterocycles. The number of fused-ring (bicyclic) bond motifs is 1. The van der Waals surface area contributed by atoms with Gasteiger partial charge in [-0.3, -0.25) is 14.5 Å². The molecule has 0 spiro atoms. The van der Waals surface area contributed by atoms with Gasteiger partial charge in [0.05, 0.1) is 5.69 Å². The lowest BCUT2D eigenvalue weighted by atomic mass is 9.89. The average Bonchev–Trinajstić information content (AvgIpc) is 3.70. The second-order valence-corrected chi connectivity index (χ2v) is 13.9. The van der Waals surface area contributed by atoms with Crippen LogP contribution >= 0.6 is 0 Å². The van der Waals surface area contributed by atoms with Gasteiger partial charge in [-0.15, -0.1) is 0 Å². The number of carbonyl (C=O) groups is 2. The number of carbonyl (C=O) groups excluding carboxylic acids is 2. The Morgan fingerprint density at radius 3 is 2.39 bits per heavy atom. The number of hydrogen-bond acceptors (Lipinski definition) is 7. The van der Waals surface area contributed by atoms with E-state index in [1.54, 1.807) is 4.90 Å². The molecule has 1 saturated heterocycles. The molecule has 1 aromatic heterocycles. The quantitative estimate of drug-likeness (QED) is 0.442. The van der Waals surface area contributed by atoms with E-state index >= 15 is 0 Å². The summed E-state index contributed by atoms with van der Waals surface area (Å²) in [5.41, 5.74) is 2.34. The van der Waals surface area contributed by atoms with Crippen molar-refractivity contribution in [1.82, 2.24) is 20.1 Å². The van der Waals surface area contributed by atoms with Gasteiger partial charge in [0.25, 0.3) is 5.91 Å². The van der Waals surface area contributed by atoms with Crippen LogP contribution < -0.4 is 20.4 Å². The SMILES string of the molecule is C[C@@H]1C(=O)N(C)c2ccc(Nc3cccc(C(=O)N[C@H]4CC[C@H](N5CCN(CC6CC6)CC5)CC4)c3)nc2N1C1CCCC1. The van der Waals surface area contributed by atoms with Gasteiger partial charge in [0.2, 0.25) is 5.91 Å². The summed E-state index contributed by atoms with van der Waals surface area (Å²) in [5, 5.41) is 6.76. The molecule has 2 aliphatic heterocycles. The Kier molecular flexibility index (Phi) is 8.51. The Bertz CT molecular complexity index is 1340. The Morgan fingerprint density at radius 2 is 1.66 bits per heavy atom. The molecule has 9 nitrogen and oxygen atoms in total. The minimum Gasteiger partial charge on any atom is -0.349 e. The second kappa shape index (κ2) is 12.7. The lowest BCUT2D eigenvalue weighted by Crippen LogP contribution is -2.54. The molecular weight excluding hydrogens is 550 g/mol. The molecule has 44 heavy (non-hydrogen) atoms. The van der Waals surface area contributed by atoms with E-state index in [4.69, 9.17) is 4.98 Å². The Hall–Kier alpha value is -3.17. The van der Waals surface area contributed by atoms with Crippen molar-refractivity contribution in [2.24, 2.45) is 5.92 Å². The number of likely N-dealkylation sites (N-methyl/N-ethyl adjacent to an activating group) is 1. The number of hydrogen-bond donors (Lipinski definition) is 2. The Labute approximate surface area is 262 Å². The van der Waals surface area contributed by atoms with Gasteiger partial charge in [0.15, 0.2) is 5.82 Å². The molecule has 236 valence electrons. The van der Waals surface area contributed by atoms with Gasteiger partial charge in [-0.1, -0.05) is 18.9 Å². The van der Waals surface area contributed by atoms with Crippen molar-refractivity contribution in [3.63, 3.8) is 0 Å². The van der Waals surface area contributed by atoms with E-state index in [0.29, 0.717) is 23.5 Å². The van der Waals surface area contributed by atoms with E-state index in [1.165, 1.54) is 58.4 Å². The zero-order chi connectivity index (χ0) is 30.2. The molecule has 0 unspecified atom stereocenters. The van der Waals surface area contributed by atoms with Gasteiger partial charge >= 0.3 is 0 Å². The van der Waals surface area contributed by atoms with Crippen LogP contribution in [0.3, 0.4) is 0 Å². The van der Waals surface area contributed by atoms with Gasteiger partial charge < -0.3 is 25.3 Å². The zero-order valence-corrected chi connectivity index (χ0v) is 26.5. The number of rotatable bonds is 8. The smallest absolute Gasteiger partial charge is 0.251 e. The molecule has 1 atom stereocenters. The lowest BCUT2D eigenvalue weighted by molar-refractivity contribution is -0.119. The Balaban J connectivity index is 0.951. The first-order valence-electron chi connectivity index (χ1n) is 17.1. The van der Waals surface area contributed by atoms with Crippen molar-refractivity contribution in [2.75, 3.05) is 54.9 Å². The van der Waals surface area contributed by atoms with E-state index in [9.17, 15) is 9.59 Å². The maximum Gasteiger partial charge on any atom is 0.251 e. The first kappa shape index (κ1) is 29.5. The van der Waals surface area contributed by atoms with E-state index in [1.807, 2.05) is 50.4 Å². The van der Waals surface area contributed by atoms with Crippen molar-refractivity contribution < 1.29 is 9.59 Å². The molecule has 0 bridgehead atoms. The van der Waals surface area contributed by atoms with Crippen LogP contribution in [-0.4, -0.2) is 90.5 Å². The molecule has 0 radical (unpaired) electrons. The summed E-state index contributed by atoms with van der Waals surface area (Å²) in [6, 6.07) is 12.6. The van der Waals surface area contributed by atoms with Crippen molar-refractivity contribution in [2.45, 2.75) is 95.3 Å². The minimum absolute atomic E-state index is 0.00874. The largest absolute Gasteiger partial charge is 0.349 e. The topological polar surface area (TPSA) is 84.0 Å². The predicted octanol–water partition coefficient (Wildman–Crippen LogP) is 5.01. The number of benzene rings is 1. The summed E-state index contributed by atoms with van der Waals surface area (Å²) in [4.78, 5) is 40.7. The Morgan fingerprint density at radius 1 is 0.909 bits per heavy atom. The van der Waals surface area contributed by atoms with Crippen LogP contribution in [0.1, 0.15) is 81.5 Å². The maximum absolute atomic E-state index is 13.3. The first-order valence-corrected chi connectivity index (χ1v) is 17.1. The van der Waals surface area contributed by atoms with Crippen LogP contribution in [0.15, 0.2) is 36.4 Å². The number of anilines is 4. The summed E-state index contributed by atoms with van der Waals surface area (Å²) >= 11 is 0. The number of nitrogens with one attached hydrogen (secondary N) is 2. The predicted molar refractivity (Wildman–Crippen MR) is 176 cm³/mol. The normalized spacial score (nSPS) is 27.0. The highest BCUT2D eigenvalue weighted by atomic mass is 16.2. The third kappa shape index (κ3) is 6.31. The molecular formula is C35H49N7O2. The van der Waals surface area contributed by atoms with Crippen LogP contribution in [0.5, 0.6) is 0 Å². The van der Waals surface area contributed by atoms with Crippen molar-refractivity contribution in [3.8, 4) is 0 Å². The van der Waals surface area contributed by atoms with Gasteiger partial charge in [0.1, 0.15) is 11.9 Å². The molecule has 2 N–H and O–H groups in total. The summed E-state index contributed by atoms with van der Waals surface area (Å²) < 4.78 is 0. The number of pyridine rings is 1. The van der Waals surface area contributed by atoms with E-state index in [-0.39, 0.29) is 23.9 Å². The number of piperazine rings is 1. The lowest BCUT2D eigenvalue weighted by Gasteiger charge is -2.42. The third-order valence-electron chi connectivity index (χ3n) is 10.8. The maximum atomic E-state index is 13.3. The molecule has 4 fully saturated rings. The van der Waals surface area contributed by atoms with Crippen LogP contribution in [0, 0.1) is 5.92 Å². The minimum atomic E-state index is -0.234. The summed E-state index contributed by atoms with van der Waals surface area (Å²) in [6.45, 7) is 8.12. The van der Waals surface area contributed by atoms with Gasteiger partial charge in [-0.25, -0.2) is 4.98 Å². The standard InChI is InChI=1S/C35H49N7O2/c1-24-35(44)39(2)31-16-17-32(38-33(31)42(24)30-8-3-4-9-30)36-28-7-5-6-26(22-28)34(43)37-27-12-14-29(15-13-27)41-20-18-40(19-21-41)23-25-10-11-25/h5-7,16-17,22,24-25,27,29-30H,3-4,8-15,18-21,23H2,1-2H3,(H,36,38)(H,37,43)/t24-,27-,29-/m1/s1. The number of nitrogens with zero attached hydrogens (tertiary/aromatic N) is 5. The second-order valence-electron chi connectivity index (χ2n) is 13.9. The molecule has 2 amide bonds. The van der Waals surface area contributed by atoms with Crippen molar-refractivity contribution >= 4 is 34.8 Å². The van der Waals surface area contributed by atoms with Crippen molar-refractivity contribution in [1.29, 1.82) is 0 Å². The van der Waals surface area contributed by atoms with Crippen LogP contribution in [0.2, 0.25) is 0 Å². The fraction of sp³-hybridized carbons (Fsp3) is 0.629. The van der Waals surface area contributed by atoms with Gasteiger partial charge in [0, 0.05) is 69.1 Å². The van der Waals surface area contributed by atoms with Crippen molar-refractivity contribution in [3.05, 3.63) is 42.0 Å². The number of aromatic nitrogens is 1. The van der Waals surface area contributed by atoms with Gasteiger partial charge in [-0.2, -0.15) is 0 Å². The molecule has 1 aromatic carbocycles. The van der Waals surface area contributed by atoms with Crippen LogP contribution in [0.4, 0.5) is 23.0 Å². The molecule has 2 aromatic rings. The number of amides is 2. The molecule has 7 rings (SSSR count). The third-order valence-corrected chi connectivity index (χ3v) is 10.8. The summed E-state index contributed by atoms with van der Waals surface area (Å²) in [7, 11) is 1.84. The van der Waals surface area contributed by atoms with Gasteiger partial charge in [-0.05, 0) is 94.5 Å². The average molecular weight is 600 g/mol. The molecule has 5 aliphatic rings. The molecule has 9 heteroatoms. The highest BCUT2D eigenvalue weighted by Crippen LogP contribution is 2.40. The van der Waals surface area contributed by atoms with Crippen LogP contribution in [-0.2, 0) is 4.79 Å². The molecule has 3 saturated carbocycles. The highest BCUT2D eigenvalue weighted by molar-refractivity contribution is 6.04. The van der Waals surface area contributed by atoms with E-state index in [0.717, 1.165) is 61.6 Å².